The van der Waals surface area contributed by atoms with E-state index in [4.69, 9.17) is 9.84 Å². The molecule has 1 amide bonds. The lowest BCUT2D eigenvalue weighted by molar-refractivity contribution is -0.181. The van der Waals surface area contributed by atoms with Crippen molar-refractivity contribution in [3.8, 4) is 0 Å². The highest BCUT2D eigenvalue weighted by Crippen LogP contribution is 2.68. The molecule has 252 valence electrons. The van der Waals surface area contributed by atoms with Crippen molar-refractivity contribution in [3.05, 3.63) is 0 Å². The van der Waals surface area contributed by atoms with Crippen LogP contribution in [0.25, 0.3) is 0 Å². The van der Waals surface area contributed by atoms with E-state index in [9.17, 15) is 19.5 Å². The lowest BCUT2D eigenvalue weighted by Gasteiger charge is -2.62. The Bertz CT molecular complexity index is 970. The second-order valence-electron chi connectivity index (χ2n) is 15.8. The Morgan fingerprint density at radius 2 is 1.59 bits per heavy atom. The molecule has 10 unspecified atom stereocenters. The number of hydrogen-bond donors (Lipinski definition) is 3. The van der Waals surface area contributed by atoms with Gasteiger partial charge in [0.25, 0.3) is 0 Å². The van der Waals surface area contributed by atoms with Crippen LogP contribution in [0.4, 0.5) is 0 Å². The standard InChI is InChI=1S/C37H63NO6/c1-5-6-7-8-9-10-11-12-13-35(43)44-27-20-21-36(3)26(22-27)15-16-28-30-18-17-29(37(30,4)32(39)23-31(28)36)25(2)14-19-33(40)38-24-34(41)42/h25-32,39H,5-24H2,1-4H3,(H,38,40)(H,41,42). The third kappa shape index (κ3) is 8.01. The van der Waals surface area contributed by atoms with Crippen LogP contribution in [0.15, 0.2) is 0 Å². The summed E-state index contributed by atoms with van der Waals surface area (Å²) in [5.74, 6) is 1.63. The monoisotopic (exact) mass is 617 g/mol. The first-order valence-corrected chi connectivity index (χ1v) is 18.4. The molecule has 0 aromatic rings. The Morgan fingerprint density at radius 3 is 2.30 bits per heavy atom. The van der Waals surface area contributed by atoms with Crippen molar-refractivity contribution < 1.29 is 29.3 Å². The number of aliphatic hydroxyl groups is 1. The largest absolute Gasteiger partial charge is 0.480 e. The van der Waals surface area contributed by atoms with Crippen molar-refractivity contribution >= 4 is 17.8 Å². The fraction of sp³-hybridized carbons (Fsp3) is 0.919. The molecule has 0 heterocycles. The molecule has 7 nitrogen and oxygen atoms in total. The number of carboxylic acid groups (broad SMARTS) is 1. The molecule has 3 N–H and O–H groups in total. The van der Waals surface area contributed by atoms with Gasteiger partial charge in [0.1, 0.15) is 12.6 Å². The molecule has 0 spiro atoms. The molecule has 0 saturated heterocycles. The predicted octanol–water partition coefficient (Wildman–Crippen LogP) is 7.68. The number of rotatable bonds is 16. The maximum Gasteiger partial charge on any atom is 0.322 e. The number of carboxylic acids is 1. The van der Waals surface area contributed by atoms with Gasteiger partial charge in [-0.2, -0.15) is 0 Å². The minimum atomic E-state index is -1.02. The molecule has 44 heavy (non-hydrogen) atoms. The topological polar surface area (TPSA) is 113 Å². The number of esters is 1. The van der Waals surface area contributed by atoms with Gasteiger partial charge in [-0.25, -0.2) is 0 Å². The average molecular weight is 618 g/mol. The summed E-state index contributed by atoms with van der Waals surface area (Å²) >= 11 is 0. The van der Waals surface area contributed by atoms with Crippen molar-refractivity contribution in [2.45, 2.75) is 162 Å². The van der Waals surface area contributed by atoms with Crippen LogP contribution >= 0.6 is 0 Å². The maximum atomic E-state index is 12.7. The van der Waals surface area contributed by atoms with Crippen LogP contribution in [0.3, 0.4) is 0 Å². The first kappa shape index (κ1) is 35.2. The minimum absolute atomic E-state index is 0.00684. The summed E-state index contributed by atoms with van der Waals surface area (Å²) in [7, 11) is 0. The molecule has 0 aromatic heterocycles. The number of aliphatic hydroxyl groups excluding tert-OH is 1. The number of unbranched alkanes of at least 4 members (excludes halogenated alkanes) is 7. The molecule has 4 aliphatic carbocycles. The van der Waals surface area contributed by atoms with Gasteiger partial charge in [0, 0.05) is 12.8 Å². The number of fused-ring (bicyclic) bond motifs is 5. The highest BCUT2D eigenvalue weighted by molar-refractivity contribution is 5.81. The second kappa shape index (κ2) is 15.8. The van der Waals surface area contributed by atoms with E-state index in [0.29, 0.717) is 48.3 Å². The number of carbonyl (C=O) groups excluding carboxylic acids is 2. The summed E-state index contributed by atoms with van der Waals surface area (Å²) in [5, 5.41) is 23.2. The normalized spacial score (nSPS) is 36.9. The predicted molar refractivity (Wildman–Crippen MR) is 173 cm³/mol. The molecule has 7 heteroatoms. The molecule has 10 atom stereocenters. The van der Waals surface area contributed by atoms with Gasteiger partial charge in [-0.1, -0.05) is 72.6 Å². The van der Waals surface area contributed by atoms with E-state index in [1.807, 2.05) is 0 Å². The average Bonchev–Trinajstić information content (AvgIpc) is 3.35. The Balaban J connectivity index is 1.26. The number of aliphatic carboxylic acids is 1. The SMILES string of the molecule is CCCCCCCCCCC(=O)OC1CCC2(C)C(CCC3C2CC(O)C2(C)C(C(C)CCC(=O)NCC(=O)O)CCC32)C1. The number of nitrogens with one attached hydrogen (secondary N) is 1. The van der Waals surface area contributed by atoms with Crippen LogP contribution in [-0.2, 0) is 19.1 Å². The van der Waals surface area contributed by atoms with E-state index in [1.165, 1.54) is 51.4 Å². The van der Waals surface area contributed by atoms with Gasteiger partial charge in [-0.15, -0.1) is 0 Å². The van der Waals surface area contributed by atoms with E-state index in [-0.39, 0.29) is 41.5 Å². The lowest BCUT2D eigenvalue weighted by atomic mass is 9.43. The molecule has 0 aromatic carbocycles. The molecule has 0 bridgehead atoms. The molecule has 4 rings (SSSR count). The summed E-state index contributed by atoms with van der Waals surface area (Å²) in [6.07, 6.45) is 19.6. The zero-order chi connectivity index (χ0) is 31.9. The van der Waals surface area contributed by atoms with Crippen molar-refractivity contribution in [2.24, 2.45) is 46.3 Å². The summed E-state index contributed by atoms with van der Waals surface area (Å²) in [6, 6.07) is 0. The molecule has 4 fully saturated rings. The van der Waals surface area contributed by atoms with E-state index < -0.39 is 5.97 Å². The lowest BCUT2D eigenvalue weighted by Crippen LogP contribution is -2.59. The highest BCUT2D eigenvalue weighted by Gasteiger charge is 2.63. The molecular formula is C37H63NO6. The summed E-state index contributed by atoms with van der Waals surface area (Å²) < 4.78 is 6.05. The van der Waals surface area contributed by atoms with Gasteiger partial charge in [-0.05, 0) is 111 Å². The van der Waals surface area contributed by atoms with Crippen LogP contribution in [-0.4, -0.2) is 46.8 Å². The van der Waals surface area contributed by atoms with Crippen LogP contribution in [0.2, 0.25) is 0 Å². The summed E-state index contributed by atoms with van der Waals surface area (Å²) in [5.41, 5.74) is 0.0569. The van der Waals surface area contributed by atoms with Gasteiger partial charge < -0.3 is 20.3 Å². The van der Waals surface area contributed by atoms with Crippen LogP contribution in [0.1, 0.15) is 150 Å². The van der Waals surface area contributed by atoms with E-state index in [1.54, 1.807) is 0 Å². The minimum Gasteiger partial charge on any atom is -0.480 e. The molecule has 4 aliphatic rings. The van der Waals surface area contributed by atoms with Crippen molar-refractivity contribution in [3.63, 3.8) is 0 Å². The smallest absolute Gasteiger partial charge is 0.322 e. The van der Waals surface area contributed by atoms with Crippen LogP contribution in [0, 0.1) is 46.3 Å². The fourth-order valence-electron chi connectivity index (χ4n) is 10.7. The second-order valence-corrected chi connectivity index (χ2v) is 15.8. The zero-order valence-corrected chi connectivity index (χ0v) is 28.3. The van der Waals surface area contributed by atoms with Crippen LogP contribution in [0.5, 0.6) is 0 Å². The molecular weight excluding hydrogens is 554 g/mol. The zero-order valence-electron chi connectivity index (χ0n) is 28.3. The van der Waals surface area contributed by atoms with Gasteiger partial charge in [-0.3, -0.25) is 14.4 Å². The number of ether oxygens (including phenoxy) is 1. The van der Waals surface area contributed by atoms with Crippen LogP contribution < -0.4 is 5.32 Å². The van der Waals surface area contributed by atoms with E-state index in [2.05, 4.69) is 33.0 Å². The van der Waals surface area contributed by atoms with E-state index >= 15 is 0 Å². The summed E-state index contributed by atoms with van der Waals surface area (Å²) in [4.78, 5) is 35.7. The fourth-order valence-corrected chi connectivity index (χ4v) is 10.7. The number of hydrogen-bond acceptors (Lipinski definition) is 5. The third-order valence-corrected chi connectivity index (χ3v) is 13.3. The molecule has 0 aliphatic heterocycles. The van der Waals surface area contributed by atoms with Crippen molar-refractivity contribution in [1.82, 2.24) is 5.32 Å². The summed E-state index contributed by atoms with van der Waals surface area (Å²) in [6.45, 7) is 8.94. The third-order valence-electron chi connectivity index (χ3n) is 13.3. The van der Waals surface area contributed by atoms with Gasteiger partial charge in [0.2, 0.25) is 5.91 Å². The number of carbonyl (C=O) groups is 3. The van der Waals surface area contributed by atoms with Crippen molar-refractivity contribution in [2.75, 3.05) is 6.54 Å². The van der Waals surface area contributed by atoms with Gasteiger partial charge in [0.15, 0.2) is 0 Å². The molecule has 0 radical (unpaired) electrons. The first-order chi connectivity index (χ1) is 21.0. The highest BCUT2D eigenvalue weighted by atomic mass is 16.5. The number of amides is 1. The van der Waals surface area contributed by atoms with Crippen molar-refractivity contribution in [1.29, 1.82) is 0 Å². The maximum absolute atomic E-state index is 12.7. The first-order valence-electron chi connectivity index (χ1n) is 18.4. The Labute approximate surface area is 267 Å². The molecule has 4 saturated carbocycles. The van der Waals surface area contributed by atoms with E-state index in [0.717, 1.165) is 57.8 Å². The Hall–Kier alpha value is -1.63. The Kier molecular flexibility index (Phi) is 12.6. The quantitative estimate of drug-likeness (QED) is 0.121. The van der Waals surface area contributed by atoms with Gasteiger partial charge in [0.05, 0.1) is 6.10 Å². The van der Waals surface area contributed by atoms with Gasteiger partial charge >= 0.3 is 11.9 Å². The Morgan fingerprint density at radius 1 is 0.886 bits per heavy atom.